The van der Waals surface area contributed by atoms with Crippen LogP contribution >= 0.6 is 11.8 Å². The van der Waals surface area contributed by atoms with Crippen LogP contribution in [0, 0.1) is 6.92 Å². The van der Waals surface area contributed by atoms with Crippen molar-refractivity contribution in [3.8, 4) is 5.75 Å². The van der Waals surface area contributed by atoms with Crippen LogP contribution in [-0.2, 0) is 21.1 Å². The number of para-hydroxylation sites is 2. The molecule has 2 saturated heterocycles. The number of benzene rings is 2. The number of aryl methyl sites for hydroxylation is 1. The van der Waals surface area contributed by atoms with Crippen LogP contribution in [0.25, 0.3) is 0 Å². The molecular weight excluding hydrogens is 408 g/mol. The van der Waals surface area contributed by atoms with Gasteiger partial charge in [0, 0.05) is 16.5 Å². The molecule has 2 aliphatic rings. The standard InChI is InChI=1S/C21H22N2O4S2/c1-14-7-3-5-9-16(14)23-17-12-29(25,26)13-19(17)28-21(23)22-20(24)11-15-8-4-6-10-18(15)27-2/h3-10,17,19H,11-13H2,1-2H3. The Kier molecular flexibility index (Phi) is 5.40. The van der Waals surface area contributed by atoms with E-state index in [1.165, 1.54) is 11.8 Å². The summed E-state index contributed by atoms with van der Waals surface area (Å²) in [5.41, 5.74) is 2.69. The van der Waals surface area contributed by atoms with Crippen LogP contribution in [0.5, 0.6) is 5.75 Å². The van der Waals surface area contributed by atoms with Crippen molar-refractivity contribution in [1.29, 1.82) is 0 Å². The van der Waals surface area contributed by atoms with Crippen LogP contribution < -0.4 is 9.64 Å². The molecule has 0 saturated carbocycles. The van der Waals surface area contributed by atoms with Crippen LogP contribution in [0.2, 0.25) is 0 Å². The van der Waals surface area contributed by atoms with E-state index < -0.39 is 9.84 Å². The Morgan fingerprint density at radius 2 is 1.90 bits per heavy atom. The second kappa shape index (κ2) is 7.84. The van der Waals surface area contributed by atoms with Gasteiger partial charge < -0.3 is 9.64 Å². The zero-order chi connectivity index (χ0) is 20.6. The first-order chi connectivity index (χ1) is 13.9. The van der Waals surface area contributed by atoms with Crippen molar-refractivity contribution in [3.63, 3.8) is 0 Å². The number of nitrogens with zero attached hydrogens (tertiary/aromatic N) is 2. The zero-order valence-electron chi connectivity index (χ0n) is 16.2. The van der Waals surface area contributed by atoms with Crippen molar-refractivity contribution in [3.05, 3.63) is 59.7 Å². The number of methoxy groups -OCH3 is 1. The van der Waals surface area contributed by atoms with Crippen molar-refractivity contribution in [1.82, 2.24) is 0 Å². The average molecular weight is 431 g/mol. The van der Waals surface area contributed by atoms with Crippen LogP contribution in [0.4, 0.5) is 5.69 Å². The van der Waals surface area contributed by atoms with Crippen LogP contribution in [0.15, 0.2) is 53.5 Å². The molecular formula is C21H22N2O4S2. The molecule has 2 aliphatic heterocycles. The summed E-state index contributed by atoms with van der Waals surface area (Å²) in [4.78, 5) is 19.1. The first-order valence-corrected chi connectivity index (χ1v) is 12.0. The molecule has 2 atom stereocenters. The fourth-order valence-electron chi connectivity index (χ4n) is 3.84. The highest BCUT2D eigenvalue weighted by molar-refractivity contribution is 8.16. The molecule has 29 heavy (non-hydrogen) atoms. The number of rotatable bonds is 4. The maximum absolute atomic E-state index is 12.7. The molecule has 4 rings (SSSR count). The van der Waals surface area contributed by atoms with E-state index in [-0.39, 0.29) is 35.1 Å². The molecule has 1 amide bonds. The molecule has 2 unspecified atom stereocenters. The largest absolute Gasteiger partial charge is 0.496 e. The molecule has 6 nitrogen and oxygen atoms in total. The summed E-state index contributed by atoms with van der Waals surface area (Å²) >= 11 is 1.39. The number of hydrogen-bond acceptors (Lipinski definition) is 5. The van der Waals surface area contributed by atoms with Crippen LogP contribution in [0.3, 0.4) is 0 Å². The Balaban J connectivity index is 1.66. The SMILES string of the molecule is COc1ccccc1CC(=O)N=C1SC2CS(=O)(=O)CC2N1c1ccccc1C. The minimum absolute atomic E-state index is 0.0821. The third-order valence-electron chi connectivity index (χ3n) is 5.20. The van der Waals surface area contributed by atoms with Gasteiger partial charge in [0.2, 0.25) is 0 Å². The molecule has 2 aromatic carbocycles. The molecule has 0 spiro atoms. The predicted octanol–water partition coefficient (Wildman–Crippen LogP) is 2.85. The number of amidine groups is 1. The van der Waals surface area contributed by atoms with Gasteiger partial charge in [-0.25, -0.2) is 8.42 Å². The maximum Gasteiger partial charge on any atom is 0.252 e. The quantitative estimate of drug-likeness (QED) is 0.743. The van der Waals surface area contributed by atoms with E-state index in [0.717, 1.165) is 16.8 Å². The zero-order valence-corrected chi connectivity index (χ0v) is 17.9. The number of ether oxygens (including phenoxy) is 1. The van der Waals surface area contributed by atoms with Crippen LogP contribution in [-0.4, -0.2) is 49.4 Å². The van der Waals surface area contributed by atoms with E-state index in [4.69, 9.17) is 4.74 Å². The van der Waals surface area contributed by atoms with Crippen molar-refractivity contribution in [2.24, 2.45) is 4.99 Å². The van der Waals surface area contributed by atoms with Gasteiger partial charge in [0.15, 0.2) is 15.0 Å². The number of carbonyl (C=O) groups excluding carboxylic acids is 1. The lowest BCUT2D eigenvalue weighted by Crippen LogP contribution is -2.38. The topological polar surface area (TPSA) is 76.0 Å². The second-order valence-electron chi connectivity index (χ2n) is 7.23. The Labute approximate surface area is 174 Å². The number of sulfone groups is 1. The lowest BCUT2D eigenvalue weighted by molar-refractivity contribution is -0.117. The van der Waals surface area contributed by atoms with E-state index in [1.54, 1.807) is 7.11 Å². The van der Waals surface area contributed by atoms with Crippen molar-refractivity contribution >= 4 is 38.4 Å². The van der Waals surface area contributed by atoms with Gasteiger partial charge in [0.1, 0.15) is 5.75 Å². The van der Waals surface area contributed by atoms with Crippen molar-refractivity contribution in [2.45, 2.75) is 24.6 Å². The normalized spacial score (nSPS) is 23.9. The highest BCUT2D eigenvalue weighted by atomic mass is 32.2. The molecule has 0 radical (unpaired) electrons. The summed E-state index contributed by atoms with van der Waals surface area (Å²) in [6.07, 6.45) is 0.128. The fourth-order valence-corrected chi connectivity index (χ4v) is 7.76. The maximum atomic E-state index is 12.7. The fraction of sp³-hybridized carbons (Fsp3) is 0.333. The summed E-state index contributed by atoms with van der Waals surface area (Å²) in [7, 11) is -1.51. The smallest absolute Gasteiger partial charge is 0.252 e. The number of fused-ring (bicyclic) bond motifs is 1. The van der Waals surface area contributed by atoms with E-state index in [0.29, 0.717) is 10.9 Å². The summed E-state index contributed by atoms with van der Waals surface area (Å²) in [6, 6.07) is 14.9. The van der Waals surface area contributed by atoms with Gasteiger partial charge in [-0.3, -0.25) is 4.79 Å². The van der Waals surface area contributed by atoms with E-state index >= 15 is 0 Å². The minimum Gasteiger partial charge on any atom is -0.496 e. The number of carbonyl (C=O) groups is 1. The molecule has 0 N–H and O–H groups in total. The lowest BCUT2D eigenvalue weighted by Gasteiger charge is -2.26. The first-order valence-electron chi connectivity index (χ1n) is 9.33. The Morgan fingerprint density at radius 1 is 1.17 bits per heavy atom. The number of hydrogen-bond donors (Lipinski definition) is 0. The predicted molar refractivity (Wildman–Crippen MR) is 117 cm³/mol. The van der Waals surface area contributed by atoms with Crippen LogP contribution in [0.1, 0.15) is 11.1 Å². The molecule has 2 fully saturated rings. The Hall–Kier alpha value is -2.32. The van der Waals surface area contributed by atoms with Gasteiger partial charge in [-0.1, -0.05) is 48.2 Å². The van der Waals surface area contributed by atoms with E-state index in [2.05, 4.69) is 4.99 Å². The van der Waals surface area contributed by atoms with E-state index in [1.807, 2.05) is 60.4 Å². The van der Waals surface area contributed by atoms with Crippen molar-refractivity contribution in [2.75, 3.05) is 23.5 Å². The number of thioether (sulfide) groups is 1. The number of anilines is 1. The lowest BCUT2D eigenvalue weighted by atomic mass is 10.1. The molecule has 8 heteroatoms. The van der Waals surface area contributed by atoms with E-state index in [9.17, 15) is 13.2 Å². The average Bonchev–Trinajstić information content (AvgIpc) is 3.13. The van der Waals surface area contributed by atoms with Gasteiger partial charge in [-0.05, 0) is 24.6 Å². The summed E-state index contributed by atoms with van der Waals surface area (Å²) in [6.45, 7) is 1.98. The number of aliphatic imine (C=N–C) groups is 1. The molecule has 2 heterocycles. The molecule has 2 aromatic rings. The van der Waals surface area contributed by atoms with Gasteiger partial charge in [-0.15, -0.1) is 0 Å². The highest BCUT2D eigenvalue weighted by Crippen LogP contribution is 2.41. The second-order valence-corrected chi connectivity index (χ2v) is 10.6. The Morgan fingerprint density at radius 3 is 2.66 bits per heavy atom. The molecule has 0 aliphatic carbocycles. The number of amides is 1. The van der Waals surface area contributed by atoms with Crippen molar-refractivity contribution < 1.29 is 17.9 Å². The summed E-state index contributed by atoms with van der Waals surface area (Å²) in [5.74, 6) is 0.570. The Bertz CT molecular complexity index is 1080. The molecule has 152 valence electrons. The van der Waals surface area contributed by atoms with Gasteiger partial charge in [0.25, 0.3) is 5.91 Å². The third-order valence-corrected chi connectivity index (χ3v) is 8.41. The highest BCUT2D eigenvalue weighted by Gasteiger charge is 2.49. The van der Waals surface area contributed by atoms with Gasteiger partial charge >= 0.3 is 0 Å². The molecule has 0 aromatic heterocycles. The molecule has 0 bridgehead atoms. The monoisotopic (exact) mass is 430 g/mol. The first kappa shape index (κ1) is 20.0. The summed E-state index contributed by atoms with van der Waals surface area (Å²) in [5, 5.41) is 0.460. The third kappa shape index (κ3) is 4.04. The summed E-state index contributed by atoms with van der Waals surface area (Å²) < 4.78 is 29.7. The minimum atomic E-state index is -3.09. The van der Waals surface area contributed by atoms with Gasteiger partial charge in [0.05, 0.1) is 31.1 Å². The van der Waals surface area contributed by atoms with Gasteiger partial charge in [-0.2, -0.15) is 4.99 Å².